The second-order valence-corrected chi connectivity index (χ2v) is 5.78. The second-order valence-electron chi connectivity index (χ2n) is 5.78. The fourth-order valence-electron chi connectivity index (χ4n) is 1.59. The second kappa shape index (κ2) is 7.24. The molecule has 2 N–H and O–H groups in total. The predicted molar refractivity (Wildman–Crippen MR) is 64.8 cm³/mol. The van der Waals surface area contributed by atoms with Crippen molar-refractivity contribution in [2.45, 2.75) is 78.4 Å². The van der Waals surface area contributed by atoms with Gasteiger partial charge in [0, 0.05) is 0 Å². The first-order valence-electron chi connectivity index (χ1n) is 6.21. The Balaban J connectivity index is 3.59. The Kier molecular flexibility index (Phi) is 7.20. The van der Waals surface area contributed by atoms with Gasteiger partial charge in [0.25, 0.3) is 0 Å². The van der Waals surface area contributed by atoms with Gasteiger partial charge in [-0.25, -0.2) is 0 Å². The molecule has 2 nitrogen and oxygen atoms in total. The van der Waals surface area contributed by atoms with E-state index in [1.165, 1.54) is 0 Å². The molecule has 0 fully saturated rings. The molecule has 0 aromatic carbocycles. The van der Waals surface area contributed by atoms with E-state index in [0.717, 1.165) is 32.1 Å². The monoisotopic (exact) mass is 216 g/mol. The number of aliphatic hydroxyl groups is 2. The van der Waals surface area contributed by atoms with Crippen molar-refractivity contribution >= 4 is 0 Å². The van der Waals surface area contributed by atoms with Crippen LogP contribution in [0.1, 0.15) is 66.2 Å². The molecular formula is C13H28O2. The van der Waals surface area contributed by atoms with Crippen LogP contribution in [0.15, 0.2) is 0 Å². The third kappa shape index (κ3) is 10.2. The maximum absolute atomic E-state index is 9.72. The third-order valence-corrected chi connectivity index (χ3v) is 2.66. The summed E-state index contributed by atoms with van der Waals surface area (Å²) in [6, 6.07) is 0. The molecule has 0 spiro atoms. The molecule has 0 aromatic heterocycles. The van der Waals surface area contributed by atoms with Gasteiger partial charge in [0.05, 0.1) is 12.2 Å². The Morgan fingerprint density at radius 1 is 1.00 bits per heavy atom. The quantitative estimate of drug-likeness (QED) is 0.686. The molecule has 15 heavy (non-hydrogen) atoms. The smallest absolute Gasteiger partial charge is 0.0565 e. The summed E-state index contributed by atoms with van der Waals surface area (Å²) in [5, 5.41) is 19.3. The highest BCUT2D eigenvalue weighted by molar-refractivity contribution is 4.68. The summed E-state index contributed by atoms with van der Waals surface area (Å²) in [6.45, 7) is 8.64. The molecule has 0 aliphatic carbocycles. The number of aliphatic hydroxyl groups excluding tert-OH is 2. The van der Waals surface area contributed by atoms with Crippen LogP contribution in [0.5, 0.6) is 0 Å². The molecule has 0 aliphatic heterocycles. The van der Waals surface area contributed by atoms with Crippen LogP contribution in [-0.2, 0) is 0 Å². The molecule has 0 aromatic rings. The van der Waals surface area contributed by atoms with Gasteiger partial charge in [-0.05, 0) is 31.1 Å². The summed E-state index contributed by atoms with van der Waals surface area (Å²) < 4.78 is 0. The van der Waals surface area contributed by atoms with Gasteiger partial charge in [-0.3, -0.25) is 0 Å². The molecular weight excluding hydrogens is 188 g/mol. The average Bonchev–Trinajstić information content (AvgIpc) is 2.10. The van der Waals surface area contributed by atoms with E-state index in [4.69, 9.17) is 0 Å². The zero-order valence-corrected chi connectivity index (χ0v) is 10.8. The van der Waals surface area contributed by atoms with Gasteiger partial charge in [0.1, 0.15) is 0 Å². The molecule has 0 rings (SSSR count). The lowest BCUT2D eigenvalue weighted by Crippen LogP contribution is -2.19. The van der Waals surface area contributed by atoms with Crippen LogP contribution < -0.4 is 0 Å². The first-order chi connectivity index (χ1) is 6.85. The van der Waals surface area contributed by atoms with Crippen LogP contribution in [0, 0.1) is 5.41 Å². The van der Waals surface area contributed by atoms with Gasteiger partial charge in [0.15, 0.2) is 0 Å². The van der Waals surface area contributed by atoms with Crippen LogP contribution in [0.2, 0.25) is 0 Å². The van der Waals surface area contributed by atoms with Crippen molar-refractivity contribution in [1.29, 1.82) is 0 Å². The van der Waals surface area contributed by atoms with E-state index in [-0.39, 0.29) is 17.6 Å². The molecule has 0 heterocycles. The first kappa shape index (κ1) is 14.9. The van der Waals surface area contributed by atoms with Crippen molar-refractivity contribution in [3.8, 4) is 0 Å². The highest BCUT2D eigenvalue weighted by Gasteiger charge is 2.16. The average molecular weight is 216 g/mol. The van der Waals surface area contributed by atoms with E-state index in [1.807, 2.05) is 0 Å². The number of hydrogen-bond donors (Lipinski definition) is 2. The standard InChI is InChI=1S/C13H28O2/c1-5-6-7-11(14)10-12(15)8-9-13(2,3)4/h11-12,14-15H,5-10H2,1-4H3. The van der Waals surface area contributed by atoms with Crippen LogP contribution in [-0.4, -0.2) is 22.4 Å². The summed E-state index contributed by atoms with van der Waals surface area (Å²) >= 11 is 0. The van der Waals surface area contributed by atoms with Crippen LogP contribution >= 0.6 is 0 Å². The third-order valence-electron chi connectivity index (χ3n) is 2.66. The topological polar surface area (TPSA) is 40.5 Å². The minimum atomic E-state index is -0.337. The molecule has 0 radical (unpaired) electrons. The summed E-state index contributed by atoms with van der Waals surface area (Å²) in [7, 11) is 0. The molecule has 0 saturated heterocycles. The van der Waals surface area contributed by atoms with Gasteiger partial charge in [-0.2, -0.15) is 0 Å². The zero-order valence-electron chi connectivity index (χ0n) is 10.8. The fraction of sp³-hybridized carbons (Fsp3) is 1.00. The lowest BCUT2D eigenvalue weighted by Gasteiger charge is -2.21. The molecule has 0 bridgehead atoms. The van der Waals surface area contributed by atoms with Crippen molar-refractivity contribution < 1.29 is 10.2 Å². The van der Waals surface area contributed by atoms with Gasteiger partial charge in [0.2, 0.25) is 0 Å². The summed E-state index contributed by atoms with van der Waals surface area (Å²) in [6.07, 6.45) is 4.67. The van der Waals surface area contributed by atoms with Crippen molar-refractivity contribution in [2.24, 2.45) is 5.41 Å². The summed E-state index contributed by atoms with van der Waals surface area (Å²) in [5.74, 6) is 0. The maximum Gasteiger partial charge on any atom is 0.0565 e. The Morgan fingerprint density at radius 2 is 1.53 bits per heavy atom. The molecule has 0 amide bonds. The van der Waals surface area contributed by atoms with Crippen molar-refractivity contribution in [3.63, 3.8) is 0 Å². The molecule has 2 unspecified atom stereocenters. The minimum absolute atomic E-state index is 0.273. The van der Waals surface area contributed by atoms with Crippen molar-refractivity contribution in [3.05, 3.63) is 0 Å². The summed E-state index contributed by atoms with van der Waals surface area (Å²) in [4.78, 5) is 0. The molecule has 92 valence electrons. The molecule has 2 heteroatoms. The van der Waals surface area contributed by atoms with Crippen molar-refractivity contribution in [1.82, 2.24) is 0 Å². The van der Waals surface area contributed by atoms with Crippen LogP contribution in [0.3, 0.4) is 0 Å². The Labute approximate surface area is 94.7 Å². The predicted octanol–water partition coefficient (Wildman–Crippen LogP) is 3.11. The number of unbranched alkanes of at least 4 members (excludes halogenated alkanes) is 1. The van der Waals surface area contributed by atoms with Crippen LogP contribution in [0.25, 0.3) is 0 Å². The van der Waals surface area contributed by atoms with E-state index < -0.39 is 0 Å². The van der Waals surface area contributed by atoms with Gasteiger partial charge in [-0.15, -0.1) is 0 Å². The Morgan fingerprint density at radius 3 is 2.00 bits per heavy atom. The molecule has 0 aliphatic rings. The van der Waals surface area contributed by atoms with E-state index in [0.29, 0.717) is 6.42 Å². The highest BCUT2D eigenvalue weighted by Crippen LogP contribution is 2.23. The zero-order chi connectivity index (χ0) is 11.9. The number of rotatable bonds is 7. The molecule has 0 saturated carbocycles. The highest BCUT2D eigenvalue weighted by atomic mass is 16.3. The Bertz CT molecular complexity index is 149. The Hall–Kier alpha value is -0.0800. The van der Waals surface area contributed by atoms with E-state index in [2.05, 4.69) is 27.7 Å². The van der Waals surface area contributed by atoms with E-state index in [1.54, 1.807) is 0 Å². The largest absolute Gasteiger partial charge is 0.393 e. The SMILES string of the molecule is CCCCC(O)CC(O)CCC(C)(C)C. The summed E-state index contributed by atoms with van der Waals surface area (Å²) in [5.41, 5.74) is 0.273. The molecule has 2 atom stereocenters. The van der Waals surface area contributed by atoms with Gasteiger partial charge < -0.3 is 10.2 Å². The lowest BCUT2D eigenvalue weighted by atomic mass is 9.88. The van der Waals surface area contributed by atoms with Crippen LogP contribution in [0.4, 0.5) is 0 Å². The van der Waals surface area contributed by atoms with E-state index >= 15 is 0 Å². The number of hydrogen-bond acceptors (Lipinski definition) is 2. The minimum Gasteiger partial charge on any atom is -0.393 e. The maximum atomic E-state index is 9.72. The van der Waals surface area contributed by atoms with Crippen molar-refractivity contribution in [2.75, 3.05) is 0 Å². The normalized spacial score (nSPS) is 16.4. The fourth-order valence-corrected chi connectivity index (χ4v) is 1.59. The van der Waals surface area contributed by atoms with E-state index in [9.17, 15) is 10.2 Å². The van der Waals surface area contributed by atoms with Gasteiger partial charge >= 0.3 is 0 Å². The van der Waals surface area contributed by atoms with Gasteiger partial charge in [-0.1, -0.05) is 40.5 Å². The lowest BCUT2D eigenvalue weighted by molar-refractivity contribution is 0.0631. The first-order valence-corrected chi connectivity index (χ1v) is 6.21.